The summed E-state index contributed by atoms with van der Waals surface area (Å²) >= 11 is 0. The molecular formula is C13H22N2. The molecule has 2 aliphatic heterocycles. The molecule has 0 aromatic heterocycles. The molecule has 0 spiro atoms. The van der Waals surface area contributed by atoms with E-state index >= 15 is 0 Å². The third-order valence-electron chi connectivity index (χ3n) is 3.51. The Morgan fingerprint density at radius 3 is 2.80 bits per heavy atom. The summed E-state index contributed by atoms with van der Waals surface area (Å²) in [7, 11) is 0. The van der Waals surface area contributed by atoms with Crippen molar-refractivity contribution in [1.29, 1.82) is 0 Å². The zero-order valence-corrected chi connectivity index (χ0v) is 10.2. The fourth-order valence-corrected chi connectivity index (χ4v) is 2.51. The van der Waals surface area contributed by atoms with Crippen molar-refractivity contribution < 1.29 is 0 Å². The summed E-state index contributed by atoms with van der Waals surface area (Å²) in [6.07, 6.45) is 7.87. The molecule has 0 amide bonds. The Morgan fingerprint density at radius 2 is 2.20 bits per heavy atom. The van der Waals surface area contributed by atoms with E-state index in [0.717, 1.165) is 6.42 Å². The van der Waals surface area contributed by atoms with Crippen LogP contribution in [0, 0.1) is 5.92 Å². The molecule has 0 saturated carbocycles. The molecule has 2 rings (SSSR count). The lowest BCUT2D eigenvalue weighted by Crippen LogP contribution is -2.48. The maximum absolute atomic E-state index is 4.49. The third kappa shape index (κ3) is 2.49. The van der Waals surface area contributed by atoms with Crippen LogP contribution in [0.2, 0.25) is 0 Å². The highest BCUT2D eigenvalue weighted by molar-refractivity contribution is 5.90. The van der Waals surface area contributed by atoms with Crippen LogP contribution in [0.4, 0.5) is 0 Å². The lowest BCUT2D eigenvalue weighted by atomic mass is 9.89. The van der Waals surface area contributed by atoms with E-state index < -0.39 is 0 Å². The first-order valence-electron chi connectivity index (χ1n) is 6.04. The average Bonchev–Trinajstić information content (AvgIpc) is 2.69. The molecule has 1 fully saturated rings. The Hall–Kier alpha value is -0.630. The van der Waals surface area contributed by atoms with Crippen LogP contribution in [0.15, 0.2) is 17.3 Å². The van der Waals surface area contributed by atoms with Crippen molar-refractivity contribution in [2.24, 2.45) is 10.9 Å². The second-order valence-electron chi connectivity index (χ2n) is 5.67. The quantitative estimate of drug-likeness (QED) is 0.644. The minimum absolute atomic E-state index is 0.311. The van der Waals surface area contributed by atoms with E-state index in [1.54, 1.807) is 0 Å². The van der Waals surface area contributed by atoms with Gasteiger partial charge < -0.3 is 0 Å². The second kappa shape index (κ2) is 4.09. The molecule has 2 nitrogen and oxygen atoms in total. The van der Waals surface area contributed by atoms with Gasteiger partial charge in [-0.15, -0.1) is 0 Å². The molecule has 1 saturated heterocycles. The van der Waals surface area contributed by atoms with Gasteiger partial charge in [0, 0.05) is 36.3 Å². The fraction of sp³-hybridized carbons (Fsp3) is 0.769. The highest BCUT2D eigenvalue weighted by Crippen LogP contribution is 2.26. The van der Waals surface area contributed by atoms with Crippen LogP contribution >= 0.6 is 0 Å². The lowest BCUT2D eigenvalue weighted by Gasteiger charge is -2.41. The van der Waals surface area contributed by atoms with Crippen LogP contribution in [-0.4, -0.2) is 29.2 Å². The van der Waals surface area contributed by atoms with Gasteiger partial charge in [0.25, 0.3) is 0 Å². The van der Waals surface area contributed by atoms with Crippen LogP contribution in [0.5, 0.6) is 0 Å². The van der Waals surface area contributed by atoms with Gasteiger partial charge in [-0.1, -0.05) is 6.08 Å². The van der Waals surface area contributed by atoms with Gasteiger partial charge in [-0.25, -0.2) is 0 Å². The average molecular weight is 206 g/mol. The Bertz CT molecular complexity index is 283. The van der Waals surface area contributed by atoms with Crippen LogP contribution in [0.3, 0.4) is 0 Å². The zero-order chi connectivity index (χ0) is 10.9. The molecular weight excluding hydrogens is 184 g/mol. The van der Waals surface area contributed by atoms with E-state index in [0.29, 0.717) is 11.5 Å². The van der Waals surface area contributed by atoms with E-state index in [2.05, 4.69) is 36.7 Å². The Morgan fingerprint density at radius 1 is 1.40 bits per heavy atom. The topological polar surface area (TPSA) is 15.6 Å². The first-order chi connectivity index (χ1) is 7.07. The lowest BCUT2D eigenvalue weighted by molar-refractivity contribution is 0.0959. The molecule has 2 heteroatoms. The Balaban J connectivity index is 1.98. The molecule has 0 bridgehead atoms. The van der Waals surface area contributed by atoms with Gasteiger partial charge >= 0.3 is 0 Å². The molecule has 0 radical (unpaired) electrons. The van der Waals surface area contributed by atoms with Gasteiger partial charge in [0.2, 0.25) is 0 Å². The summed E-state index contributed by atoms with van der Waals surface area (Å²) < 4.78 is 0. The predicted molar refractivity (Wildman–Crippen MR) is 65.2 cm³/mol. The molecule has 0 N–H and O–H groups in total. The largest absolute Gasteiger partial charge is 0.298 e. The molecule has 84 valence electrons. The number of nitrogens with zero attached hydrogens (tertiary/aromatic N) is 2. The molecule has 1 atom stereocenters. The summed E-state index contributed by atoms with van der Waals surface area (Å²) in [5, 5.41) is 0. The molecule has 0 aromatic carbocycles. The van der Waals surface area contributed by atoms with Crippen molar-refractivity contribution >= 4 is 5.71 Å². The van der Waals surface area contributed by atoms with E-state index in [1.807, 2.05) is 6.20 Å². The van der Waals surface area contributed by atoms with Gasteiger partial charge in [-0.2, -0.15) is 0 Å². The van der Waals surface area contributed by atoms with E-state index in [-0.39, 0.29) is 0 Å². The molecule has 2 heterocycles. The smallest absolute Gasteiger partial charge is 0.0260 e. The summed E-state index contributed by atoms with van der Waals surface area (Å²) in [5.41, 5.74) is 1.72. The van der Waals surface area contributed by atoms with Crippen molar-refractivity contribution in [2.75, 3.05) is 13.1 Å². The summed E-state index contributed by atoms with van der Waals surface area (Å²) in [4.78, 5) is 7.08. The van der Waals surface area contributed by atoms with Gasteiger partial charge in [0.15, 0.2) is 0 Å². The SMILES string of the molecule is CC(C)(C)N1CCCC(C2=NC=CC2)C1. The number of hydrogen-bond acceptors (Lipinski definition) is 2. The maximum Gasteiger partial charge on any atom is 0.0260 e. The number of aliphatic imine (C=N–C) groups is 1. The summed E-state index contributed by atoms with van der Waals surface area (Å²) in [6, 6.07) is 0. The zero-order valence-electron chi connectivity index (χ0n) is 10.2. The molecule has 15 heavy (non-hydrogen) atoms. The Labute approximate surface area is 93.1 Å². The number of allylic oxidation sites excluding steroid dienone is 1. The van der Waals surface area contributed by atoms with E-state index in [1.165, 1.54) is 31.6 Å². The highest BCUT2D eigenvalue weighted by Gasteiger charge is 2.30. The number of likely N-dealkylation sites (tertiary alicyclic amines) is 1. The van der Waals surface area contributed by atoms with Crippen molar-refractivity contribution in [3.05, 3.63) is 12.3 Å². The van der Waals surface area contributed by atoms with Gasteiger partial charge in [0.1, 0.15) is 0 Å². The van der Waals surface area contributed by atoms with Crippen molar-refractivity contribution in [3.63, 3.8) is 0 Å². The second-order valence-corrected chi connectivity index (χ2v) is 5.67. The standard InChI is InChI=1S/C13H22N2/c1-13(2,3)15-9-5-6-11(10-15)12-7-4-8-14-12/h4,8,11H,5-7,9-10H2,1-3H3. The monoisotopic (exact) mass is 206 g/mol. The number of rotatable bonds is 1. The van der Waals surface area contributed by atoms with Gasteiger partial charge in [-0.05, 0) is 40.2 Å². The first-order valence-corrected chi connectivity index (χ1v) is 6.04. The van der Waals surface area contributed by atoms with Gasteiger partial charge in [0.05, 0.1) is 0 Å². The van der Waals surface area contributed by atoms with Gasteiger partial charge in [-0.3, -0.25) is 9.89 Å². The van der Waals surface area contributed by atoms with Crippen LogP contribution in [-0.2, 0) is 0 Å². The minimum atomic E-state index is 0.311. The highest BCUT2D eigenvalue weighted by atomic mass is 15.2. The van der Waals surface area contributed by atoms with Crippen LogP contribution < -0.4 is 0 Å². The minimum Gasteiger partial charge on any atom is -0.298 e. The van der Waals surface area contributed by atoms with Crippen LogP contribution in [0.1, 0.15) is 40.0 Å². The number of piperidine rings is 1. The van der Waals surface area contributed by atoms with Crippen molar-refractivity contribution in [2.45, 2.75) is 45.6 Å². The van der Waals surface area contributed by atoms with E-state index in [4.69, 9.17) is 0 Å². The predicted octanol–water partition coefficient (Wildman–Crippen LogP) is 2.86. The van der Waals surface area contributed by atoms with Crippen LogP contribution in [0.25, 0.3) is 0 Å². The van der Waals surface area contributed by atoms with Crippen molar-refractivity contribution in [3.8, 4) is 0 Å². The fourth-order valence-electron chi connectivity index (χ4n) is 2.51. The molecule has 0 aromatic rings. The summed E-state index contributed by atoms with van der Waals surface area (Å²) in [5.74, 6) is 0.702. The Kier molecular flexibility index (Phi) is 2.96. The molecule has 2 aliphatic rings. The third-order valence-corrected chi connectivity index (χ3v) is 3.51. The normalized spacial score (nSPS) is 28.2. The van der Waals surface area contributed by atoms with Crippen molar-refractivity contribution in [1.82, 2.24) is 4.90 Å². The number of hydrogen-bond donors (Lipinski definition) is 0. The molecule has 1 unspecified atom stereocenters. The molecule has 0 aliphatic carbocycles. The first kappa shape index (κ1) is 10.9. The maximum atomic E-state index is 4.49. The van der Waals surface area contributed by atoms with E-state index in [9.17, 15) is 0 Å². The summed E-state index contributed by atoms with van der Waals surface area (Å²) in [6.45, 7) is 9.38.